The van der Waals surface area contributed by atoms with Gasteiger partial charge in [-0.1, -0.05) is 13.0 Å². The molecule has 0 unspecified atom stereocenters. The fourth-order valence-electron chi connectivity index (χ4n) is 1.69. The van der Waals surface area contributed by atoms with Crippen LogP contribution in [0.1, 0.15) is 18.2 Å². The summed E-state index contributed by atoms with van der Waals surface area (Å²) in [5.74, 6) is 0. The van der Waals surface area contributed by atoms with E-state index in [0.29, 0.717) is 6.54 Å². The molecule has 114 valence electrons. The minimum atomic E-state index is -3.55. The third-order valence-electron chi connectivity index (χ3n) is 2.68. The SMILES string of the molecule is C=CCN(CCO)S(=O)(=O)c1csc(CNCCC)c1. The molecule has 0 bridgehead atoms. The Hall–Kier alpha value is -0.730. The molecular weight excluding hydrogens is 296 g/mol. The van der Waals surface area contributed by atoms with Gasteiger partial charge in [-0.2, -0.15) is 4.31 Å². The van der Waals surface area contributed by atoms with Crippen molar-refractivity contribution < 1.29 is 13.5 Å². The van der Waals surface area contributed by atoms with Gasteiger partial charge in [0.05, 0.1) is 11.5 Å². The smallest absolute Gasteiger partial charge is 0.244 e. The van der Waals surface area contributed by atoms with Crippen molar-refractivity contribution in [3.63, 3.8) is 0 Å². The third kappa shape index (κ3) is 4.68. The first-order chi connectivity index (χ1) is 9.56. The van der Waals surface area contributed by atoms with Crippen LogP contribution in [0.15, 0.2) is 29.0 Å². The van der Waals surface area contributed by atoms with Gasteiger partial charge in [-0.15, -0.1) is 17.9 Å². The van der Waals surface area contributed by atoms with Crippen molar-refractivity contribution in [1.29, 1.82) is 0 Å². The van der Waals surface area contributed by atoms with Gasteiger partial charge in [-0.05, 0) is 19.0 Å². The monoisotopic (exact) mass is 318 g/mol. The van der Waals surface area contributed by atoms with Crippen LogP contribution in [-0.2, 0) is 16.6 Å². The molecule has 1 heterocycles. The van der Waals surface area contributed by atoms with Crippen molar-refractivity contribution in [3.8, 4) is 0 Å². The summed E-state index contributed by atoms with van der Waals surface area (Å²) >= 11 is 1.42. The van der Waals surface area contributed by atoms with E-state index in [1.54, 1.807) is 11.4 Å². The van der Waals surface area contributed by atoms with Crippen molar-refractivity contribution in [3.05, 3.63) is 29.0 Å². The summed E-state index contributed by atoms with van der Waals surface area (Å²) in [6, 6.07) is 1.69. The first kappa shape index (κ1) is 17.3. The highest BCUT2D eigenvalue weighted by atomic mass is 32.2. The lowest BCUT2D eigenvalue weighted by Gasteiger charge is -2.18. The van der Waals surface area contributed by atoms with Crippen LogP contribution in [0.3, 0.4) is 0 Å². The summed E-state index contributed by atoms with van der Waals surface area (Å²) < 4.78 is 26.0. The lowest BCUT2D eigenvalue weighted by molar-refractivity contribution is 0.260. The zero-order valence-corrected chi connectivity index (χ0v) is 13.3. The predicted molar refractivity (Wildman–Crippen MR) is 82.4 cm³/mol. The molecule has 0 aliphatic carbocycles. The summed E-state index contributed by atoms with van der Waals surface area (Å²) in [5, 5.41) is 13.9. The molecule has 0 aliphatic heterocycles. The Balaban J connectivity index is 2.83. The largest absolute Gasteiger partial charge is 0.395 e. The molecule has 0 saturated heterocycles. The lowest BCUT2D eigenvalue weighted by Crippen LogP contribution is -2.33. The summed E-state index contributed by atoms with van der Waals surface area (Å²) in [7, 11) is -3.55. The average Bonchev–Trinajstić information content (AvgIpc) is 2.88. The highest BCUT2D eigenvalue weighted by Gasteiger charge is 2.24. The number of aliphatic hydroxyl groups excluding tert-OH is 1. The second-order valence-electron chi connectivity index (χ2n) is 4.30. The van der Waals surface area contributed by atoms with Gasteiger partial charge in [0.2, 0.25) is 10.0 Å². The topological polar surface area (TPSA) is 69.6 Å². The van der Waals surface area contributed by atoms with Crippen LogP contribution in [0.25, 0.3) is 0 Å². The van der Waals surface area contributed by atoms with Crippen LogP contribution in [0.4, 0.5) is 0 Å². The van der Waals surface area contributed by atoms with Crippen molar-refractivity contribution in [1.82, 2.24) is 9.62 Å². The first-order valence-electron chi connectivity index (χ1n) is 6.56. The van der Waals surface area contributed by atoms with E-state index in [9.17, 15) is 8.42 Å². The zero-order chi connectivity index (χ0) is 15.0. The van der Waals surface area contributed by atoms with Gasteiger partial charge < -0.3 is 10.4 Å². The number of nitrogens with one attached hydrogen (secondary N) is 1. The molecule has 2 N–H and O–H groups in total. The molecule has 0 aromatic carbocycles. The molecule has 0 amide bonds. The van der Waals surface area contributed by atoms with Crippen LogP contribution in [0.2, 0.25) is 0 Å². The van der Waals surface area contributed by atoms with E-state index in [-0.39, 0.29) is 24.6 Å². The number of hydrogen-bond acceptors (Lipinski definition) is 5. The lowest BCUT2D eigenvalue weighted by atomic mass is 10.4. The Labute approximate surface area is 125 Å². The number of aliphatic hydroxyl groups is 1. The fourth-order valence-corrected chi connectivity index (χ4v) is 4.33. The van der Waals surface area contributed by atoms with Gasteiger partial charge >= 0.3 is 0 Å². The molecule has 0 spiro atoms. The maximum Gasteiger partial charge on any atom is 0.244 e. The number of rotatable bonds is 10. The van der Waals surface area contributed by atoms with E-state index in [1.165, 1.54) is 21.7 Å². The second-order valence-corrected chi connectivity index (χ2v) is 7.23. The van der Waals surface area contributed by atoms with E-state index >= 15 is 0 Å². The van der Waals surface area contributed by atoms with Crippen LogP contribution in [-0.4, -0.2) is 44.1 Å². The minimum absolute atomic E-state index is 0.0770. The highest BCUT2D eigenvalue weighted by molar-refractivity contribution is 7.89. The van der Waals surface area contributed by atoms with Gasteiger partial charge in [0.15, 0.2) is 0 Å². The van der Waals surface area contributed by atoms with Crippen molar-refractivity contribution in [2.24, 2.45) is 0 Å². The van der Waals surface area contributed by atoms with Crippen LogP contribution < -0.4 is 5.32 Å². The Morgan fingerprint density at radius 1 is 1.55 bits per heavy atom. The molecule has 0 atom stereocenters. The van der Waals surface area contributed by atoms with Gasteiger partial charge in [0.25, 0.3) is 0 Å². The van der Waals surface area contributed by atoms with Gasteiger partial charge in [0.1, 0.15) is 0 Å². The van der Waals surface area contributed by atoms with E-state index in [4.69, 9.17) is 5.11 Å². The maximum atomic E-state index is 12.4. The molecule has 7 heteroatoms. The molecule has 20 heavy (non-hydrogen) atoms. The van der Waals surface area contributed by atoms with Crippen LogP contribution in [0.5, 0.6) is 0 Å². The Kier molecular flexibility index (Phi) is 7.39. The van der Waals surface area contributed by atoms with E-state index in [2.05, 4.69) is 18.8 Å². The number of thiophene rings is 1. The third-order valence-corrected chi connectivity index (χ3v) is 5.60. The summed E-state index contributed by atoms with van der Waals surface area (Å²) in [6.45, 7) is 7.29. The molecule has 0 fully saturated rings. The predicted octanol–water partition coefficient (Wildman–Crippen LogP) is 1.42. The number of sulfonamides is 1. The average molecular weight is 318 g/mol. The standard InChI is InChI=1S/C13H22N2O3S2/c1-3-5-14-10-12-9-13(11-19-12)20(17,18)15(6-4-2)7-8-16/h4,9,11,14,16H,2-3,5-8,10H2,1H3. The second kappa shape index (κ2) is 8.53. The number of nitrogens with zero attached hydrogens (tertiary/aromatic N) is 1. The minimum Gasteiger partial charge on any atom is -0.395 e. The molecule has 0 saturated carbocycles. The Bertz CT molecular complexity index is 511. The van der Waals surface area contributed by atoms with Crippen LogP contribution >= 0.6 is 11.3 Å². The summed E-state index contributed by atoms with van der Waals surface area (Å²) in [5.41, 5.74) is 0. The highest BCUT2D eigenvalue weighted by Crippen LogP contribution is 2.22. The molecular formula is C13H22N2O3S2. The molecule has 1 rings (SSSR count). The van der Waals surface area contributed by atoms with Gasteiger partial charge in [0, 0.05) is 29.9 Å². The first-order valence-corrected chi connectivity index (χ1v) is 8.88. The Morgan fingerprint density at radius 3 is 2.90 bits per heavy atom. The number of hydrogen-bond donors (Lipinski definition) is 2. The summed E-state index contributed by atoms with van der Waals surface area (Å²) in [4.78, 5) is 1.27. The molecule has 5 nitrogen and oxygen atoms in total. The van der Waals surface area contributed by atoms with Gasteiger partial charge in [-0.3, -0.25) is 0 Å². The van der Waals surface area contributed by atoms with Crippen molar-refractivity contribution in [2.45, 2.75) is 24.8 Å². The van der Waals surface area contributed by atoms with Crippen molar-refractivity contribution in [2.75, 3.05) is 26.2 Å². The molecule has 0 radical (unpaired) electrons. The summed E-state index contributed by atoms with van der Waals surface area (Å²) in [6.07, 6.45) is 2.56. The molecule has 1 aromatic heterocycles. The Morgan fingerprint density at radius 2 is 2.30 bits per heavy atom. The van der Waals surface area contributed by atoms with E-state index < -0.39 is 10.0 Å². The van der Waals surface area contributed by atoms with Crippen molar-refractivity contribution >= 4 is 21.4 Å². The quantitative estimate of drug-likeness (QED) is 0.506. The van der Waals surface area contributed by atoms with Gasteiger partial charge in [-0.25, -0.2) is 8.42 Å². The maximum absolute atomic E-state index is 12.4. The van der Waals surface area contributed by atoms with E-state index in [1.807, 2.05) is 0 Å². The van der Waals surface area contributed by atoms with Crippen LogP contribution in [0, 0.1) is 0 Å². The zero-order valence-electron chi connectivity index (χ0n) is 11.7. The fraction of sp³-hybridized carbons (Fsp3) is 0.538. The molecule has 1 aromatic rings. The molecule has 0 aliphatic rings. The van der Waals surface area contributed by atoms with E-state index in [0.717, 1.165) is 17.8 Å². The normalized spacial score (nSPS) is 11.9.